The number of pyridine rings is 2. The van der Waals surface area contributed by atoms with Crippen molar-refractivity contribution in [2.45, 2.75) is 119 Å². The van der Waals surface area contributed by atoms with E-state index in [1.54, 1.807) is 34.3 Å². The molecule has 0 amide bonds. The Morgan fingerprint density at radius 1 is 1.02 bits per heavy atom. The molecule has 0 saturated heterocycles. The van der Waals surface area contributed by atoms with E-state index in [1.165, 1.54) is 11.8 Å². The number of ether oxygens (including phenoxy) is 2. The number of hydrogen-bond donors (Lipinski definition) is 3. The SMILES string of the molecule is CCc1c2c(nc3ccc(OC(=O)CCCCCCCCCCn4c(O)cc(SC(P)P)c4O)cc13)-c1cc3c(c(=O)n1C2)COC(=O)[C@]3(O)CC. The lowest BCUT2D eigenvalue weighted by Gasteiger charge is -2.31. The van der Waals surface area contributed by atoms with Crippen molar-refractivity contribution in [1.29, 1.82) is 0 Å². The number of aromatic hydroxyl groups is 2. The third-order valence-corrected chi connectivity index (χ3v) is 11.8. The monoisotopic (exact) mass is 767 g/mol. The summed E-state index contributed by atoms with van der Waals surface area (Å²) >= 11 is 1.47. The average molecular weight is 768 g/mol. The number of aliphatic hydroxyl groups is 1. The summed E-state index contributed by atoms with van der Waals surface area (Å²) in [5, 5.41) is 32.6. The summed E-state index contributed by atoms with van der Waals surface area (Å²) in [5.41, 5.74) is 2.22. The maximum Gasteiger partial charge on any atom is 0.343 e. The lowest BCUT2D eigenvalue weighted by molar-refractivity contribution is -0.172. The maximum atomic E-state index is 13.6. The third-order valence-electron chi connectivity index (χ3n) is 10.2. The maximum absolute atomic E-state index is 13.6. The van der Waals surface area contributed by atoms with Crippen molar-refractivity contribution in [3.8, 4) is 28.9 Å². The first-order valence-corrected chi connectivity index (χ1v) is 20.3. The molecular formula is C38H47N3O8P2S. The summed E-state index contributed by atoms with van der Waals surface area (Å²) < 4.78 is 14.3. The normalized spacial score (nSPS) is 16.2. The molecule has 14 heteroatoms. The lowest BCUT2D eigenvalue weighted by Crippen LogP contribution is -2.44. The minimum atomic E-state index is -1.88. The van der Waals surface area contributed by atoms with Crippen molar-refractivity contribution < 1.29 is 34.4 Å². The van der Waals surface area contributed by atoms with Crippen LogP contribution in [0.2, 0.25) is 0 Å². The first-order valence-electron chi connectivity index (χ1n) is 18.1. The number of thioether (sulfide) groups is 1. The van der Waals surface area contributed by atoms with E-state index >= 15 is 0 Å². The molecule has 2 aliphatic heterocycles. The topological polar surface area (TPSA) is 153 Å². The minimum absolute atomic E-state index is 0.0807. The van der Waals surface area contributed by atoms with Crippen molar-refractivity contribution >= 4 is 53.1 Å². The number of hydrogen-bond acceptors (Lipinski definition) is 10. The van der Waals surface area contributed by atoms with E-state index in [-0.39, 0.29) is 52.2 Å². The molecule has 2 aliphatic rings. The van der Waals surface area contributed by atoms with E-state index in [9.17, 15) is 29.7 Å². The smallest absolute Gasteiger partial charge is 0.343 e. The van der Waals surface area contributed by atoms with Crippen LogP contribution in [0.25, 0.3) is 22.3 Å². The highest BCUT2D eigenvalue weighted by Gasteiger charge is 2.45. The molecule has 4 aromatic rings. The predicted octanol–water partition coefficient (Wildman–Crippen LogP) is 7.10. The standard InChI is InChI=1S/C38H47N3O8P2S/c1-3-23-24-17-22(49-32(43)13-11-9-7-5-6-8-10-12-16-40-31(42)19-30(35(40)45)52-37(50)51)14-15-28(24)39-33-25(23)20-41-29(33)18-27-26(34(41)44)21-48-36(46)38(27,47)4-2/h14-15,17-19,37,42,45,47H,3-13,16,20-21,50-51H2,1-2H3/t38-/m0/s1. The Balaban J connectivity index is 0.990. The van der Waals surface area contributed by atoms with Crippen LogP contribution in [0.4, 0.5) is 0 Å². The molecule has 3 aromatic heterocycles. The van der Waals surface area contributed by atoms with Gasteiger partial charge in [0, 0.05) is 40.3 Å². The molecule has 1 aromatic carbocycles. The van der Waals surface area contributed by atoms with Gasteiger partial charge in [0.15, 0.2) is 11.5 Å². The van der Waals surface area contributed by atoms with Crippen LogP contribution in [-0.4, -0.2) is 46.1 Å². The summed E-state index contributed by atoms with van der Waals surface area (Å²) in [6.45, 7) is 4.44. The Morgan fingerprint density at radius 3 is 2.42 bits per heavy atom. The molecule has 2 unspecified atom stereocenters. The Morgan fingerprint density at radius 2 is 1.73 bits per heavy atom. The van der Waals surface area contributed by atoms with Gasteiger partial charge < -0.3 is 29.4 Å². The van der Waals surface area contributed by atoms with Gasteiger partial charge in [-0.3, -0.25) is 14.2 Å². The van der Waals surface area contributed by atoms with Gasteiger partial charge in [-0.05, 0) is 55.5 Å². The van der Waals surface area contributed by atoms with E-state index in [1.807, 2.05) is 19.1 Å². The second-order valence-electron chi connectivity index (χ2n) is 13.5. The molecule has 0 saturated carbocycles. The third kappa shape index (κ3) is 7.63. The number of esters is 2. The highest BCUT2D eigenvalue weighted by molar-refractivity contribution is 8.07. The number of carbonyl (C=O) groups is 2. The van der Waals surface area contributed by atoms with Crippen molar-refractivity contribution in [3.05, 3.63) is 62.9 Å². The number of carbonyl (C=O) groups excluding carboxylic acids is 2. The van der Waals surface area contributed by atoms with Gasteiger partial charge in [0.25, 0.3) is 5.56 Å². The summed E-state index contributed by atoms with van der Waals surface area (Å²) in [4.78, 5) is 44.5. The number of aromatic nitrogens is 3. The molecule has 11 nitrogen and oxygen atoms in total. The van der Waals surface area contributed by atoms with Crippen LogP contribution in [0, 0.1) is 0 Å². The fraction of sp³-hybridized carbons (Fsp3) is 0.474. The Hall–Kier alpha value is -3.43. The molecule has 3 N–H and O–H groups in total. The van der Waals surface area contributed by atoms with Crippen LogP contribution < -0.4 is 10.3 Å². The molecule has 278 valence electrons. The average Bonchev–Trinajstić information content (AvgIpc) is 3.61. The number of benzene rings is 1. The number of rotatable bonds is 16. The largest absolute Gasteiger partial charge is 0.494 e. The molecular weight excluding hydrogens is 720 g/mol. The zero-order valence-electron chi connectivity index (χ0n) is 29.7. The molecule has 3 atom stereocenters. The fourth-order valence-corrected chi connectivity index (χ4v) is 8.91. The molecule has 0 spiro atoms. The van der Waals surface area contributed by atoms with Crippen molar-refractivity contribution in [2.24, 2.45) is 0 Å². The molecule has 0 bridgehead atoms. The first-order chi connectivity index (χ1) is 25.0. The Bertz CT molecular complexity index is 2060. The van der Waals surface area contributed by atoms with Gasteiger partial charge in [0.2, 0.25) is 5.88 Å². The Labute approximate surface area is 311 Å². The quantitative estimate of drug-likeness (QED) is 0.0312. The summed E-state index contributed by atoms with van der Waals surface area (Å²) in [6, 6.07) is 8.73. The van der Waals surface area contributed by atoms with Crippen LogP contribution >= 0.6 is 30.2 Å². The van der Waals surface area contributed by atoms with Gasteiger partial charge in [-0.1, -0.05) is 52.4 Å². The van der Waals surface area contributed by atoms with Crippen LogP contribution in [0.5, 0.6) is 17.5 Å². The first kappa shape index (κ1) is 38.3. The van der Waals surface area contributed by atoms with E-state index in [0.717, 1.165) is 67.9 Å². The second-order valence-corrected chi connectivity index (χ2v) is 17.9. The number of aryl methyl sites for hydroxylation is 1. The van der Waals surface area contributed by atoms with Crippen molar-refractivity contribution in [2.75, 3.05) is 0 Å². The Kier molecular flexibility index (Phi) is 12.0. The molecule has 6 rings (SSSR count). The van der Waals surface area contributed by atoms with E-state index in [0.29, 0.717) is 53.5 Å². The van der Waals surface area contributed by atoms with E-state index < -0.39 is 11.6 Å². The molecule has 0 aliphatic carbocycles. The second kappa shape index (κ2) is 16.3. The summed E-state index contributed by atoms with van der Waals surface area (Å²) in [6.07, 6.45) is 8.98. The van der Waals surface area contributed by atoms with Gasteiger partial charge in [-0.25, -0.2) is 9.78 Å². The van der Waals surface area contributed by atoms with Crippen LogP contribution in [-0.2, 0) is 46.0 Å². The molecule has 5 heterocycles. The lowest BCUT2D eigenvalue weighted by atomic mass is 9.86. The van der Waals surface area contributed by atoms with E-state index in [2.05, 4.69) is 18.5 Å². The van der Waals surface area contributed by atoms with Crippen LogP contribution in [0.3, 0.4) is 0 Å². The van der Waals surface area contributed by atoms with Crippen molar-refractivity contribution in [3.63, 3.8) is 0 Å². The fourth-order valence-electron chi connectivity index (χ4n) is 7.35. The van der Waals surface area contributed by atoms with Gasteiger partial charge >= 0.3 is 11.9 Å². The minimum Gasteiger partial charge on any atom is -0.494 e. The van der Waals surface area contributed by atoms with Gasteiger partial charge in [0.05, 0.1) is 33.9 Å². The summed E-state index contributed by atoms with van der Waals surface area (Å²) in [5.74, 6) is -0.361. The molecule has 0 fully saturated rings. The van der Waals surface area contributed by atoms with Gasteiger partial charge in [0.1, 0.15) is 12.4 Å². The van der Waals surface area contributed by atoms with Crippen molar-refractivity contribution in [1.82, 2.24) is 14.1 Å². The van der Waals surface area contributed by atoms with Crippen LogP contribution in [0.1, 0.15) is 100 Å². The number of unbranched alkanes of at least 4 members (excludes halogenated alkanes) is 7. The zero-order valence-corrected chi connectivity index (χ0v) is 32.8. The highest BCUT2D eigenvalue weighted by Crippen LogP contribution is 2.42. The van der Waals surface area contributed by atoms with Gasteiger partial charge in [-0.2, -0.15) is 0 Å². The van der Waals surface area contributed by atoms with E-state index in [4.69, 9.17) is 14.5 Å². The summed E-state index contributed by atoms with van der Waals surface area (Å²) in [7, 11) is 5.28. The molecule has 52 heavy (non-hydrogen) atoms. The number of nitrogens with zero attached hydrogens (tertiary/aromatic N) is 3. The highest BCUT2D eigenvalue weighted by atomic mass is 32.2. The predicted molar refractivity (Wildman–Crippen MR) is 208 cm³/mol. The number of cyclic esters (lactones) is 1. The van der Waals surface area contributed by atoms with Gasteiger partial charge in [-0.15, -0.1) is 30.2 Å². The van der Waals surface area contributed by atoms with Crippen LogP contribution in [0.15, 0.2) is 40.0 Å². The number of fused-ring (bicyclic) bond motifs is 5. The molecule has 0 radical (unpaired) electrons. The zero-order chi connectivity index (χ0) is 37.2.